The van der Waals surface area contributed by atoms with E-state index in [1.165, 1.54) is 16.1 Å². The molecule has 0 atom stereocenters. The Labute approximate surface area is 187 Å². The molecule has 0 unspecified atom stereocenters. The molecule has 0 radical (unpaired) electrons. The number of aromatic nitrogens is 1. The predicted octanol–water partition coefficient (Wildman–Crippen LogP) is 2.01. The number of thiophene rings is 1. The van der Waals surface area contributed by atoms with E-state index >= 15 is 0 Å². The smallest absolute Gasteiger partial charge is 0.220 e. The van der Waals surface area contributed by atoms with Gasteiger partial charge in [0.05, 0.1) is 5.69 Å². The summed E-state index contributed by atoms with van der Waals surface area (Å²) in [4.78, 5) is 6.83. The van der Waals surface area contributed by atoms with Crippen molar-refractivity contribution in [1.82, 2.24) is 19.7 Å². The number of sulfonamides is 1. The summed E-state index contributed by atoms with van der Waals surface area (Å²) >= 11 is 1.69. The summed E-state index contributed by atoms with van der Waals surface area (Å²) in [5, 5.41) is 11.2. The van der Waals surface area contributed by atoms with Crippen molar-refractivity contribution in [1.29, 1.82) is 0 Å². The lowest BCUT2D eigenvalue weighted by molar-refractivity contribution is 0.260. The maximum absolute atomic E-state index is 12.5. The van der Waals surface area contributed by atoms with E-state index in [9.17, 15) is 8.42 Å². The zero-order valence-electron chi connectivity index (χ0n) is 15.8. The fraction of sp³-hybridized carbons (Fsp3) is 0.529. The average Bonchev–Trinajstić information content (AvgIpc) is 3.35. The van der Waals surface area contributed by atoms with Crippen LogP contribution >= 0.6 is 35.3 Å². The first-order valence-electron chi connectivity index (χ1n) is 9.00. The lowest BCUT2D eigenvalue weighted by atomic mass is 10.2. The van der Waals surface area contributed by atoms with Gasteiger partial charge in [0.2, 0.25) is 10.0 Å². The first-order valence-corrected chi connectivity index (χ1v) is 11.5. The molecule has 0 aromatic carbocycles. The highest BCUT2D eigenvalue weighted by Crippen LogP contribution is 2.13. The third-order valence-corrected chi connectivity index (χ3v) is 6.87. The van der Waals surface area contributed by atoms with Crippen LogP contribution in [0.15, 0.2) is 38.7 Å². The quantitative estimate of drug-likeness (QED) is 0.329. The summed E-state index contributed by atoms with van der Waals surface area (Å²) in [7, 11) is -3.39. The molecule has 0 amide bonds. The Bertz CT molecular complexity index is 817. The van der Waals surface area contributed by atoms with E-state index in [1.807, 2.05) is 6.92 Å². The first kappa shape index (κ1) is 23.1. The van der Waals surface area contributed by atoms with Crippen molar-refractivity contribution in [3.8, 4) is 0 Å². The Morgan fingerprint density at radius 3 is 2.71 bits per heavy atom. The van der Waals surface area contributed by atoms with Crippen LogP contribution in [0.1, 0.15) is 18.2 Å². The van der Waals surface area contributed by atoms with Gasteiger partial charge >= 0.3 is 0 Å². The van der Waals surface area contributed by atoms with E-state index in [0.29, 0.717) is 38.4 Å². The van der Waals surface area contributed by atoms with Gasteiger partial charge in [-0.3, -0.25) is 4.99 Å². The van der Waals surface area contributed by atoms with Gasteiger partial charge in [-0.25, -0.2) is 8.42 Å². The maximum atomic E-state index is 12.5. The molecule has 1 aliphatic rings. The SMILES string of the molecule is CCNC(=NCCc1ccsc1)N1CCN(S(=O)(=O)Cc2ccon2)CC1.I. The van der Waals surface area contributed by atoms with Crippen LogP contribution in [0.5, 0.6) is 0 Å². The number of hydrogen-bond donors (Lipinski definition) is 1. The van der Waals surface area contributed by atoms with Gasteiger partial charge in [0.1, 0.15) is 12.0 Å². The second kappa shape index (κ2) is 11.1. The van der Waals surface area contributed by atoms with Crippen molar-refractivity contribution in [2.24, 2.45) is 4.99 Å². The minimum absolute atomic E-state index is 0. The molecule has 3 heterocycles. The predicted molar refractivity (Wildman–Crippen MR) is 122 cm³/mol. The molecule has 1 N–H and O–H groups in total. The first-order chi connectivity index (χ1) is 13.1. The topological polar surface area (TPSA) is 91.0 Å². The molecule has 28 heavy (non-hydrogen) atoms. The molecule has 8 nitrogen and oxygen atoms in total. The van der Waals surface area contributed by atoms with Crippen LogP contribution in [-0.2, 0) is 22.2 Å². The van der Waals surface area contributed by atoms with E-state index in [0.717, 1.165) is 18.9 Å². The molecule has 0 saturated carbocycles. The second-order valence-corrected chi connectivity index (χ2v) is 9.00. The number of guanidine groups is 1. The fourth-order valence-electron chi connectivity index (χ4n) is 2.92. The maximum Gasteiger partial charge on any atom is 0.220 e. The van der Waals surface area contributed by atoms with E-state index in [2.05, 4.69) is 32.2 Å². The van der Waals surface area contributed by atoms with Crippen LogP contribution in [0.25, 0.3) is 0 Å². The second-order valence-electron chi connectivity index (χ2n) is 6.25. The minimum Gasteiger partial charge on any atom is -0.364 e. The van der Waals surface area contributed by atoms with Crippen LogP contribution in [0.4, 0.5) is 0 Å². The van der Waals surface area contributed by atoms with Crippen LogP contribution < -0.4 is 5.32 Å². The van der Waals surface area contributed by atoms with Gasteiger partial charge in [-0.1, -0.05) is 5.16 Å². The van der Waals surface area contributed by atoms with Crippen molar-refractivity contribution in [2.45, 2.75) is 19.1 Å². The van der Waals surface area contributed by atoms with Crippen molar-refractivity contribution >= 4 is 51.3 Å². The number of halogens is 1. The van der Waals surface area contributed by atoms with Crippen LogP contribution in [-0.4, -0.2) is 68.0 Å². The zero-order valence-corrected chi connectivity index (χ0v) is 19.7. The van der Waals surface area contributed by atoms with Crippen LogP contribution in [0, 0.1) is 0 Å². The van der Waals surface area contributed by atoms with E-state index < -0.39 is 10.0 Å². The Balaban J connectivity index is 0.00000280. The van der Waals surface area contributed by atoms with Crippen molar-refractivity contribution in [3.63, 3.8) is 0 Å². The summed E-state index contributed by atoms with van der Waals surface area (Å²) in [5.41, 5.74) is 1.73. The number of rotatable bonds is 7. The molecule has 1 saturated heterocycles. The summed E-state index contributed by atoms with van der Waals surface area (Å²) in [5.74, 6) is 0.722. The molecule has 11 heteroatoms. The molecule has 156 valence electrons. The summed E-state index contributed by atoms with van der Waals surface area (Å²) in [6, 6.07) is 3.70. The molecule has 0 bridgehead atoms. The Kier molecular flexibility index (Phi) is 9.18. The Morgan fingerprint density at radius 1 is 1.32 bits per heavy atom. The Hall–Kier alpha value is -1.18. The summed E-state index contributed by atoms with van der Waals surface area (Å²) < 4.78 is 31.3. The Morgan fingerprint density at radius 2 is 2.11 bits per heavy atom. The molecule has 2 aromatic heterocycles. The number of nitrogens with one attached hydrogen (secondary N) is 1. The number of hydrogen-bond acceptors (Lipinski definition) is 6. The van der Waals surface area contributed by atoms with Crippen LogP contribution in [0.2, 0.25) is 0 Å². The number of aliphatic imine (C=N–C) groups is 1. The van der Waals surface area contributed by atoms with Crippen LogP contribution in [0.3, 0.4) is 0 Å². The molecule has 1 aliphatic heterocycles. The third kappa shape index (κ3) is 6.42. The molecule has 1 fully saturated rings. The third-order valence-electron chi connectivity index (χ3n) is 4.33. The minimum atomic E-state index is -3.39. The zero-order chi connectivity index (χ0) is 19.1. The van der Waals surface area contributed by atoms with Crippen molar-refractivity contribution in [3.05, 3.63) is 40.4 Å². The molecule has 0 aliphatic carbocycles. The van der Waals surface area contributed by atoms with Gasteiger partial charge in [0.25, 0.3) is 0 Å². The van der Waals surface area contributed by atoms with Gasteiger partial charge in [0, 0.05) is 45.3 Å². The number of piperazine rings is 1. The van der Waals surface area contributed by atoms with Crippen molar-refractivity contribution < 1.29 is 12.9 Å². The van der Waals surface area contributed by atoms with Gasteiger partial charge in [0.15, 0.2) is 5.96 Å². The average molecular weight is 539 g/mol. The molecule has 2 aromatic rings. The summed E-state index contributed by atoms with van der Waals surface area (Å²) in [6.45, 7) is 5.63. The van der Waals surface area contributed by atoms with Gasteiger partial charge in [-0.2, -0.15) is 15.6 Å². The van der Waals surface area contributed by atoms with E-state index in [4.69, 9.17) is 9.52 Å². The highest BCUT2D eigenvalue weighted by atomic mass is 127. The van der Waals surface area contributed by atoms with Gasteiger partial charge in [-0.15, -0.1) is 24.0 Å². The lowest BCUT2D eigenvalue weighted by Gasteiger charge is -2.35. The molecular formula is C17H26IN5O3S2. The van der Waals surface area contributed by atoms with Gasteiger partial charge < -0.3 is 14.7 Å². The van der Waals surface area contributed by atoms with Crippen molar-refractivity contribution in [2.75, 3.05) is 39.3 Å². The molecular weight excluding hydrogens is 513 g/mol. The lowest BCUT2D eigenvalue weighted by Crippen LogP contribution is -2.54. The highest BCUT2D eigenvalue weighted by molar-refractivity contribution is 14.0. The monoisotopic (exact) mass is 539 g/mol. The normalized spacial score (nSPS) is 16.0. The largest absolute Gasteiger partial charge is 0.364 e. The van der Waals surface area contributed by atoms with E-state index in [1.54, 1.807) is 17.4 Å². The molecule has 0 spiro atoms. The van der Waals surface area contributed by atoms with E-state index in [-0.39, 0.29) is 29.7 Å². The standard InChI is InChI=1S/C17H25N5O3S2.HI/c1-2-18-17(19-6-3-15-5-12-26-13-15)21-7-9-22(10-8-21)27(23,24)14-16-4-11-25-20-16;/h4-5,11-13H,2-3,6-10,14H2,1H3,(H,18,19);1H. The highest BCUT2D eigenvalue weighted by Gasteiger charge is 2.28. The summed E-state index contributed by atoms with van der Waals surface area (Å²) in [6.07, 6.45) is 2.29. The van der Waals surface area contributed by atoms with Gasteiger partial charge in [-0.05, 0) is 35.7 Å². The number of nitrogens with zero attached hydrogens (tertiary/aromatic N) is 4. The molecule has 3 rings (SSSR count). The fourth-order valence-corrected chi connectivity index (χ4v) is 5.05.